The van der Waals surface area contributed by atoms with Crippen LogP contribution in [0.15, 0.2) is 12.2 Å². The van der Waals surface area contributed by atoms with Crippen LogP contribution in [0.5, 0.6) is 0 Å². The van der Waals surface area contributed by atoms with Crippen LogP contribution in [0.1, 0.15) is 58.3 Å². The van der Waals surface area contributed by atoms with Crippen molar-refractivity contribution in [1.29, 1.82) is 0 Å². The Morgan fingerprint density at radius 3 is 2.88 bits per heavy atom. The minimum atomic E-state index is -0.749. The molecular formula is C20H30O5. The number of carboxylic acid groups (broad SMARTS) is 1. The largest absolute Gasteiger partial charge is 0.481 e. The van der Waals surface area contributed by atoms with Crippen LogP contribution >= 0.6 is 0 Å². The SMILES string of the molecule is CC#CCC[C@H](O)C=C[C@H]1C(O)C[C@@H]2O[C@H](CCCCC(=O)O)C[C@@H]21. The fourth-order valence-corrected chi connectivity index (χ4v) is 3.98. The van der Waals surface area contributed by atoms with E-state index in [1.54, 1.807) is 13.0 Å². The van der Waals surface area contributed by atoms with Gasteiger partial charge < -0.3 is 20.1 Å². The monoisotopic (exact) mass is 350 g/mol. The lowest BCUT2D eigenvalue weighted by molar-refractivity contribution is -0.137. The normalized spacial score (nSPS) is 32.4. The van der Waals surface area contributed by atoms with Crippen LogP contribution in [-0.4, -0.2) is 45.7 Å². The Hall–Kier alpha value is -1.35. The van der Waals surface area contributed by atoms with Crippen LogP contribution < -0.4 is 0 Å². The number of carboxylic acids is 1. The van der Waals surface area contributed by atoms with E-state index in [2.05, 4.69) is 11.8 Å². The van der Waals surface area contributed by atoms with Crippen molar-refractivity contribution in [3.05, 3.63) is 12.2 Å². The molecule has 1 aliphatic heterocycles. The summed E-state index contributed by atoms with van der Waals surface area (Å²) in [6.07, 6.45) is 8.50. The topological polar surface area (TPSA) is 87.0 Å². The molecule has 25 heavy (non-hydrogen) atoms. The lowest BCUT2D eigenvalue weighted by Gasteiger charge is -2.18. The highest BCUT2D eigenvalue weighted by Crippen LogP contribution is 2.45. The number of aliphatic hydroxyl groups excluding tert-OH is 2. The molecule has 1 saturated carbocycles. The van der Waals surface area contributed by atoms with Gasteiger partial charge in [0, 0.05) is 25.2 Å². The van der Waals surface area contributed by atoms with E-state index in [0.717, 1.165) is 19.3 Å². The zero-order valence-electron chi connectivity index (χ0n) is 14.9. The molecule has 140 valence electrons. The number of ether oxygens (including phenoxy) is 1. The molecule has 2 fully saturated rings. The fourth-order valence-electron chi connectivity index (χ4n) is 3.98. The number of carbonyl (C=O) groups is 1. The number of rotatable bonds is 9. The Bertz CT molecular complexity index is 518. The highest BCUT2D eigenvalue weighted by atomic mass is 16.5. The van der Waals surface area contributed by atoms with Gasteiger partial charge in [-0.05, 0) is 38.5 Å². The summed E-state index contributed by atoms with van der Waals surface area (Å²) in [5, 5.41) is 28.9. The Morgan fingerprint density at radius 1 is 1.36 bits per heavy atom. The van der Waals surface area contributed by atoms with Crippen molar-refractivity contribution in [2.24, 2.45) is 11.8 Å². The molecule has 5 heteroatoms. The molecule has 5 nitrogen and oxygen atoms in total. The van der Waals surface area contributed by atoms with E-state index in [1.165, 1.54) is 0 Å². The smallest absolute Gasteiger partial charge is 0.303 e. The van der Waals surface area contributed by atoms with Crippen molar-refractivity contribution in [2.75, 3.05) is 0 Å². The summed E-state index contributed by atoms with van der Waals surface area (Å²) in [5.74, 6) is 5.32. The van der Waals surface area contributed by atoms with Crippen molar-refractivity contribution in [3.8, 4) is 11.8 Å². The van der Waals surface area contributed by atoms with Crippen LogP contribution in [0.2, 0.25) is 0 Å². The highest BCUT2D eigenvalue weighted by Gasteiger charge is 2.47. The maximum Gasteiger partial charge on any atom is 0.303 e. The first-order valence-electron chi connectivity index (χ1n) is 9.32. The first kappa shape index (κ1) is 20.0. The van der Waals surface area contributed by atoms with E-state index in [1.807, 2.05) is 6.08 Å². The fraction of sp³-hybridized carbons (Fsp3) is 0.750. The first-order valence-corrected chi connectivity index (χ1v) is 9.32. The summed E-state index contributed by atoms with van der Waals surface area (Å²) in [6.45, 7) is 1.79. The highest BCUT2D eigenvalue weighted by molar-refractivity contribution is 5.66. The minimum absolute atomic E-state index is 0.0286. The first-order chi connectivity index (χ1) is 12.0. The number of aliphatic carboxylic acids is 1. The van der Waals surface area contributed by atoms with E-state index < -0.39 is 18.2 Å². The van der Waals surface area contributed by atoms with Gasteiger partial charge in [0.25, 0.3) is 0 Å². The molecule has 2 aliphatic rings. The van der Waals surface area contributed by atoms with Gasteiger partial charge in [0.1, 0.15) is 0 Å². The molecule has 0 aromatic carbocycles. The molecule has 0 bridgehead atoms. The molecule has 0 spiro atoms. The molecule has 1 saturated heterocycles. The van der Waals surface area contributed by atoms with E-state index >= 15 is 0 Å². The summed E-state index contributed by atoms with van der Waals surface area (Å²) in [6, 6.07) is 0. The second-order valence-corrected chi connectivity index (χ2v) is 7.13. The summed E-state index contributed by atoms with van der Waals surface area (Å²) in [7, 11) is 0. The van der Waals surface area contributed by atoms with Gasteiger partial charge in [-0.15, -0.1) is 11.8 Å². The number of hydrogen-bond donors (Lipinski definition) is 3. The van der Waals surface area contributed by atoms with Gasteiger partial charge >= 0.3 is 5.97 Å². The van der Waals surface area contributed by atoms with Crippen molar-refractivity contribution < 1.29 is 24.9 Å². The molecular weight excluding hydrogens is 320 g/mol. The van der Waals surface area contributed by atoms with E-state index in [4.69, 9.17) is 9.84 Å². The van der Waals surface area contributed by atoms with Crippen molar-refractivity contribution >= 4 is 5.97 Å². The molecule has 1 heterocycles. The zero-order chi connectivity index (χ0) is 18.2. The summed E-state index contributed by atoms with van der Waals surface area (Å²) in [4.78, 5) is 10.5. The molecule has 1 aliphatic carbocycles. The van der Waals surface area contributed by atoms with Crippen LogP contribution in [0.3, 0.4) is 0 Å². The average molecular weight is 350 g/mol. The van der Waals surface area contributed by atoms with E-state index in [0.29, 0.717) is 31.6 Å². The lowest BCUT2D eigenvalue weighted by Crippen LogP contribution is -2.19. The van der Waals surface area contributed by atoms with Gasteiger partial charge in [-0.2, -0.15) is 0 Å². The van der Waals surface area contributed by atoms with Crippen LogP contribution in [0.25, 0.3) is 0 Å². The molecule has 6 atom stereocenters. The minimum Gasteiger partial charge on any atom is -0.481 e. The summed E-state index contributed by atoms with van der Waals surface area (Å²) in [5.41, 5.74) is 0. The number of unbranched alkanes of at least 4 members (excludes halogenated alkanes) is 1. The zero-order valence-corrected chi connectivity index (χ0v) is 14.9. The van der Waals surface area contributed by atoms with E-state index in [9.17, 15) is 15.0 Å². The third-order valence-corrected chi connectivity index (χ3v) is 5.26. The second-order valence-electron chi connectivity index (χ2n) is 7.13. The number of aliphatic hydroxyl groups is 2. The Kier molecular flexibility index (Phi) is 7.95. The standard InChI is InChI=1S/C20H30O5/c1-2-3-4-7-14(21)10-11-16-17-12-15(8-5-6-9-20(23)24)25-19(17)13-18(16)22/h10-11,14-19,21-22H,4-9,12-13H2,1H3,(H,23,24)/t14-,15+,16+,17+,18?,19-/m0/s1. The second kappa shape index (κ2) is 9.96. The predicted molar refractivity (Wildman–Crippen MR) is 94.8 cm³/mol. The third-order valence-electron chi connectivity index (χ3n) is 5.26. The molecule has 0 amide bonds. The van der Waals surface area contributed by atoms with Crippen LogP contribution in [0.4, 0.5) is 0 Å². The maximum atomic E-state index is 10.5. The lowest BCUT2D eigenvalue weighted by atomic mass is 9.89. The average Bonchev–Trinajstić information content (AvgIpc) is 3.06. The van der Waals surface area contributed by atoms with Gasteiger partial charge in [-0.3, -0.25) is 4.79 Å². The molecule has 3 N–H and O–H groups in total. The van der Waals surface area contributed by atoms with Gasteiger partial charge in [-0.25, -0.2) is 0 Å². The van der Waals surface area contributed by atoms with Gasteiger partial charge in [0.05, 0.1) is 24.4 Å². The maximum absolute atomic E-state index is 10.5. The summed E-state index contributed by atoms with van der Waals surface area (Å²) < 4.78 is 6.06. The van der Waals surface area contributed by atoms with Crippen molar-refractivity contribution in [1.82, 2.24) is 0 Å². The Morgan fingerprint density at radius 2 is 2.16 bits per heavy atom. The quantitative estimate of drug-likeness (QED) is 0.338. The van der Waals surface area contributed by atoms with Gasteiger partial charge in [0.15, 0.2) is 0 Å². The molecule has 2 rings (SSSR count). The Labute approximate surface area is 150 Å². The molecule has 0 aromatic heterocycles. The van der Waals surface area contributed by atoms with Crippen molar-refractivity contribution in [3.63, 3.8) is 0 Å². The Balaban J connectivity index is 1.78. The molecule has 0 aromatic rings. The number of hydrogen-bond acceptors (Lipinski definition) is 4. The summed E-state index contributed by atoms with van der Waals surface area (Å²) >= 11 is 0. The number of fused-ring (bicyclic) bond motifs is 1. The van der Waals surface area contributed by atoms with Crippen LogP contribution in [0, 0.1) is 23.7 Å². The van der Waals surface area contributed by atoms with Crippen molar-refractivity contribution in [2.45, 2.75) is 82.7 Å². The van der Waals surface area contributed by atoms with Gasteiger partial charge in [0.2, 0.25) is 0 Å². The van der Waals surface area contributed by atoms with E-state index in [-0.39, 0.29) is 24.5 Å². The predicted octanol–water partition coefficient (Wildman–Crippen LogP) is 2.51. The molecule has 0 radical (unpaired) electrons. The third kappa shape index (κ3) is 6.14. The van der Waals surface area contributed by atoms with Gasteiger partial charge in [-0.1, -0.05) is 18.6 Å². The molecule has 1 unspecified atom stereocenters. The van der Waals surface area contributed by atoms with Crippen LogP contribution in [-0.2, 0) is 9.53 Å².